The SMILES string of the molecule is CN(C)C(=O)c1ccc(Cc2cn[nH]c2)c(C#N)c1. The maximum absolute atomic E-state index is 11.8. The number of aromatic amines is 1. The van der Waals surface area contributed by atoms with Crippen LogP contribution >= 0.6 is 0 Å². The van der Waals surface area contributed by atoms with Gasteiger partial charge in [0.1, 0.15) is 0 Å². The summed E-state index contributed by atoms with van der Waals surface area (Å²) in [4.78, 5) is 13.3. The van der Waals surface area contributed by atoms with Crippen molar-refractivity contribution in [3.8, 4) is 6.07 Å². The second-order valence-electron chi connectivity index (χ2n) is 4.47. The predicted octanol–water partition coefficient (Wildman–Crippen LogP) is 1.57. The zero-order valence-corrected chi connectivity index (χ0v) is 10.8. The van der Waals surface area contributed by atoms with E-state index in [0.717, 1.165) is 11.1 Å². The van der Waals surface area contributed by atoms with Crippen LogP contribution in [0.25, 0.3) is 0 Å². The molecule has 0 aliphatic heterocycles. The van der Waals surface area contributed by atoms with Crippen LogP contribution in [0.3, 0.4) is 0 Å². The lowest BCUT2D eigenvalue weighted by Crippen LogP contribution is -2.21. The Morgan fingerprint density at radius 2 is 2.26 bits per heavy atom. The number of carbonyl (C=O) groups excluding carboxylic acids is 1. The lowest BCUT2D eigenvalue weighted by molar-refractivity contribution is 0.0827. The van der Waals surface area contributed by atoms with Crippen LogP contribution in [0.1, 0.15) is 27.0 Å². The summed E-state index contributed by atoms with van der Waals surface area (Å²) in [7, 11) is 3.38. The standard InChI is InChI=1S/C14H14N4O/c1-18(2)14(19)12-4-3-11(13(6-12)7-15)5-10-8-16-17-9-10/h3-4,6,8-9H,5H2,1-2H3,(H,16,17). The first-order valence-corrected chi connectivity index (χ1v) is 5.84. The molecule has 1 aromatic heterocycles. The number of nitriles is 1. The summed E-state index contributed by atoms with van der Waals surface area (Å²) in [5, 5.41) is 15.8. The van der Waals surface area contributed by atoms with Crippen LogP contribution < -0.4 is 0 Å². The average molecular weight is 254 g/mol. The Morgan fingerprint density at radius 3 is 2.84 bits per heavy atom. The Morgan fingerprint density at radius 1 is 1.47 bits per heavy atom. The summed E-state index contributed by atoms with van der Waals surface area (Å²) in [6.07, 6.45) is 4.13. The second kappa shape index (κ2) is 5.36. The Balaban J connectivity index is 2.32. The minimum atomic E-state index is -0.105. The molecule has 2 rings (SSSR count). The van der Waals surface area contributed by atoms with E-state index in [1.54, 1.807) is 38.6 Å². The van der Waals surface area contributed by atoms with Gasteiger partial charge in [-0.05, 0) is 23.3 Å². The molecule has 0 aliphatic carbocycles. The lowest BCUT2D eigenvalue weighted by atomic mass is 9.99. The van der Waals surface area contributed by atoms with Gasteiger partial charge >= 0.3 is 0 Å². The van der Waals surface area contributed by atoms with Gasteiger partial charge in [0, 0.05) is 32.3 Å². The average Bonchev–Trinajstić information content (AvgIpc) is 2.91. The van der Waals surface area contributed by atoms with E-state index in [2.05, 4.69) is 16.3 Å². The van der Waals surface area contributed by atoms with Crippen molar-refractivity contribution in [1.82, 2.24) is 15.1 Å². The molecule has 0 spiro atoms. The summed E-state index contributed by atoms with van der Waals surface area (Å²) in [6, 6.07) is 7.35. The highest BCUT2D eigenvalue weighted by Crippen LogP contribution is 2.16. The zero-order chi connectivity index (χ0) is 13.8. The molecule has 0 aliphatic rings. The second-order valence-corrected chi connectivity index (χ2v) is 4.47. The predicted molar refractivity (Wildman–Crippen MR) is 70.6 cm³/mol. The number of rotatable bonds is 3. The largest absolute Gasteiger partial charge is 0.345 e. The molecule has 1 amide bonds. The fraction of sp³-hybridized carbons (Fsp3) is 0.214. The van der Waals surface area contributed by atoms with Crippen LogP contribution in [0.4, 0.5) is 0 Å². The molecule has 0 radical (unpaired) electrons. The minimum Gasteiger partial charge on any atom is -0.345 e. The number of nitrogens with one attached hydrogen (secondary N) is 1. The number of hydrogen-bond donors (Lipinski definition) is 1. The zero-order valence-electron chi connectivity index (χ0n) is 10.8. The minimum absolute atomic E-state index is 0.105. The maximum atomic E-state index is 11.8. The number of nitrogens with zero attached hydrogens (tertiary/aromatic N) is 3. The number of carbonyl (C=O) groups is 1. The molecule has 0 saturated carbocycles. The molecule has 19 heavy (non-hydrogen) atoms. The molecular weight excluding hydrogens is 240 g/mol. The van der Waals surface area contributed by atoms with Crippen LogP contribution in [-0.2, 0) is 6.42 Å². The van der Waals surface area contributed by atoms with E-state index >= 15 is 0 Å². The molecule has 1 heterocycles. The third-order valence-electron chi connectivity index (χ3n) is 2.83. The van der Waals surface area contributed by atoms with E-state index in [0.29, 0.717) is 17.5 Å². The highest BCUT2D eigenvalue weighted by Gasteiger charge is 2.11. The molecule has 1 aromatic carbocycles. The van der Waals surface area contributed by atoms with Gasteiger partial charge in [0.2, 0.25) is 0 Å². The summed E-state index contributed by atoms with van der Waals surface area (Å²) >= 11 is 0. The first kappa shape index (κ1) is 12.8. The first-order valence-electron chi connectivity index (χ1n) is 5.84. The van der Waals surface area contributed by atoms with E-state index in [1.165, 1.54) is 4.90 Å². The van der Waals surface area contributed by atoms with Crippen LogP contribution in [0.15, 0.2) is 30.6 Å². The van der Waals surface area contributed by atoms with Crippen molar-refractivity contribution < 1.29 is 4.79 Å². The van der Waals surface area contributed by atoms with Crippen LogP contribution in [-0.4, -0.2) is 35.1 Å². The van der Waals surface area contributed by atoms with Crippen molar-refractivity contribution in [2.24, 2.45) is 0 Å². The van der Waals surface area contributed by atoms with Crippen molar-refractivity contribution >= 4 is 5.91 Å². The smallest absolute Gasteiger partial charge is 0.253 e. The fourth-order valence-electron chi connectivity index (χ4n) is 1.82. The van der Waals surface area contributed by atoms with Gasteiger partial charge in [-0.15, -0.1) is 0 Å². The Labute approximate surface area is 111 Å². The van der Waals surface area contributed by atoms with Crippen LogP contribution in [0, 0.1) is 11.3 Å². The van der Waals surface area contributed by atoms with Gasteiger partial charge in [-0.1, -0.05) is 6.07 Å². The van der Waals surface area contributed by atoms with Gasteiger partial charge in [0.15, 0.2) is 0 Å². The van der Waals surface area contributed by atoms with Crippen LogP contribution in [0.2, 0.25) is 0 Å². The van der Waals surface area contributed by atoms with E-state index < -0.39 is 0 Å². The third kappa shape index (κ3) is 2.80. The Kier molecular flexibility index (Phi) is 3.62. The van der Waals surface area contributed by atoms with Crippen molar-refractivity contribution in [1.29, 1.82) is 5.26 Å². The normalized spacial score (nSPS) is 9.95. The van der Waals surface area contributed by atoms with E-state index in [4.69, 9.17) is 0 Å². The molecule has 0 fully saturated rings. The summed E-state index contributed by atoms with van der Waals surface area (Å²) in [5.41, 5.74) is 2.94. The van der Waals surface area contributed by atoms with Crippen LogP contribution in [0.5, 0.6) is 0 Å². The van der Waals surface area contributed by atoms with E-state index in [9.17, 15) is 10.1 Å². The summed E-state index contributed by atoms with van der Waals surface area (Å²) in [6.45, 7) is 0. The van der Waals surface area contributed by atoms with E-state index in [-0.39, 0.29) is 5.91 Å². The van der Waals surface area contributed by atoms with Gasteiger partial charge in [-0.25, -0.2) is 0 Å². The highest BCUT2D eigenvalue weighted by atomic mass is 16.2. The van der Waals surface area contributed by atoms with Crippen molar-refractivity contribution in [3.05, 3.63) is 52.8 Å². The Hall–Kier alpha value is -2.61. The molecule has 0 atom stereocenters. The number of amides is 1. The summed E-state index contributed by atoms with van der Waals surface area (Å²) < 4.78 is 0. The molecule has 0 saturated heterocycles. The highest BCUT2D eigenvalue weighted by molar-refractivity contribution is 5.94. The number of H-pyrrole nitrogens is 1. The fourth-order valence-corrected chi connectivity index (χ4v) is 1.82. The molecule has 0 unspecified atom stereocenters. The monoisotopic (exact) mass is 254 g/mol. The quantitative estimate of drug-likeness (QED) is 0.903. The van der Waals surface area contributed by atoms with Gasteiger partial charge in [0.05, 0.1) is 17.8 Å². The molecule has 0 bridgehead atoms. The molecular formula is C14H14N4O. The third-order valence-corrected chi connectivity index (χ3v) is 2.83. The van der Waals surface area contributed by atoms with Gasteiger partial charge in [-0.3, -0.25) is 9.89 Å². The first-order chi connectivity index (χ1) is 9.11. The van der Waals surface area contributed by atoms with Crippen molar-refractivity contribution in [2.45, 2.75) is 6.42 Å². The molecule has 2 aromatic rings. The molecule has 1 N–H and O–H groups in total. The summed E-state index contributed by atoms with van der Waals surface area (Å²) in [5.74, 6) is -0.105. The molecule has 96 valence electrons. The lowest BCUT2D eigenvalue weighted by Gasteiger charge is -2.11. The maximum Gasteiger partial charge on any atom is 0.253 e. The molecule has 5 nitrogen and oxygen atoms in total. The number of hydrogen-bond acceptors (Lipinski definition) is 3. The van der Waals surface area contributed by atoms with Crippen molar-refractivity contribution in [2.75, 3.05) is 14.1 Å². The van der Waals surface area contributed by atoms with Gasteiger partial charge in [0.25, 0.3) is 5.91 Å². The number of aromatic nitrogens is 2. The van der Waals surface area contributed by atoms with Crippen molar-refractivity contribution in [3.63, 3.8) is 0 Å². The van der Waals surface area contributed by atoms with Gasteiger partial charge in [-0.2, -0.15) is 10.4 Å². The number of benzene rings is 1. The van der Waals surface area contributed by atoms with E-state index in [1.807, 2.05) is 6.07 Å². The molecule has 5 heteroatoms. The topological polar surface area (TPSA) is 72.8 Å². The Bertz CT molecular complexity index is 623. The van der Waals surface area contributed by atoms with Gasteiger partial charge < -0.3 is 4.90 Å².